The Hall–Kier alpha value is -3.35. The number of para-hydroxylation sites is 2. The molecule has 3 aromatic rings. The Kier molecular flexibility index (Phi) is 6.40. The molecule has 2 amide bonds. The molecule has 1 heterocycles. The summed E-state index contributed by atoms with van der Waals surface area (Å²) in [7, 11) is 3.43. The van der Waals surface area contributed by atoms with Gasteiger partial charge in [0.2, 0.25) is 5.91 Å². The molecule has 1 aromatic heterocycles. The molecule has 0 atom stereocenters. The number of imidazole rings is 1. The molecule has 0 aliphatic carbocycles. The van der Waals surface area contributed by atoms with E-state index in [1.165, 1.54) is 4.90 Å². The predicted octanol–water partition coefficient (Wildman–Crippen LogP) is 2.57. The van der Waals surface area contributed by atoms with Crippen molar-refractivity contribution in [3.05, 3.63) is 70.1 Å². The van der Waals surface area contributed by atoms with Crippen LogP contribution in [0.25, 0.3) is 11.0 Å². The van der Waals surface area contributed by atoms with E-state index in [0.29, 0.717) is 25.2 Å². The summed E-state index contributed by atoms with van der Waals surface area (Å²) in [6, 6.07) is 14.8. The van der Waals surface area contributed by atoms with Crippen molar-refractivity contribution in [2.24, 2.45) is 0 Å². The predicted molar refractivity (Wildman–Crippen MR) is 117 cm³/mol. The number of aryl methyl sites for hydroxylation is 1. The van der Waals surface area contributed by atoms with Crippen LogP contribution in [0.4, 0.5) is 0 Å². The van der Waals surface area contributed by atoms with Crippen molar-refractivity contribution < 1.29 is 9.59 Å². The Bertz CT molecular complexity index is 1110. The number of hydrogen-bond acceptors (Lipinski definition) is 3. The number of carbonyl (C=O) groups is 2. The largest absolute Gasteiger partial charge is 0.345 e. The van der Waals surface area contributed by atoms with Crippen LogP contribution >= 0.6 is 0 Å². The maximum atomic E-state index is 13.0. The molecule has 0 aliphatic heterocycles. The first-order chi connectivity index (χ1) is 14.4. The van der Waals surface area contributed by atoms with Gasteiger partial charge in [-0.15, -0.1) is 0 Å². The molecule has 0 bridgehead atoms. The Labute approximate surface area is 176 Å². The Morgan fingerprint density at radius 2 is 1.50 bits per heavy atom. The first-order valence-electron chi connectivity index (χ1n) is 10.1. The van der Waals surface area contributed by atoms with E-state index in [1.807, 2.05) is 50.2 Å². The fourth-order valence-corrected chi connectivity index (χ4v) is 3.57. The van der Waals surface area contributed by atoms with Crippen molar-refractivity contribution in [3.8, 4) is 0 Å². The van der Waals surface area contributed by atoms with E-state index in [9.17, 15) is 14.4 Å². The molecule has 0 aliphatic rings. The lowest BCUT2D eigenvalue weighted by Gasteiger charge is -2.21. The van der Waals surface area contributed by atoms with Gasteiger partial charge in [0.25, 0.3) is 5.91 Å². The number of likely N-dealkylation sites (N-methyl/N-ethyl adjacent to an activating group) is 1. The third-order valence-electron chi connectivity index (χ3n) is 5.25. The highest BCUT2D eigenvalue weighted by molar-refractivity contribution is 5.93. The van der Waals surface area contributed by atoms with E-state index in [2.05, 4.69) is 0 Å². The molecule has 0 saturated heterocycles. The van der Waals surface area contributed by atoms with Gasteiger partial charge in [-0.25, -0.2) is 4.79 Å². The highest BCUT2D eigenvalue weighted by Gasteiger charge is 2.18. The topological polar surface area (TPSA) is 67.6 Å². The molecule has 0 radical (unpaired) electrons. The van der Waals surface area contributed by atoms with Gasteiger partial charge >= 0.3 is 5.69 Å². The maximum absolute atomic E-state index is 13.0. The van der Waals surface area contributed by atoms with Crippen LogP contribution in [0.5, 0.6) is 0 Å². The average Bonchev–Trinajstić information content (AvgIpc) is 3.02. The van der Waals surface area contributed by atoms with Crippen molar-refractivity contribution in [2.45, 2.75) is 33.5 Å². The van der Waals surface area contributed by atoms with Gasteiger partial charge in [-0.1, -0.05) is 24.3 Å². The van der Waals surface area contributed by atoms with E-state index < -0.39 is 0 Å². The van der Waals surface area contributed by atoms with E-state index in [0.717, 1.165) is 16.6 Å². The SMILES string of the molecule is CCN(Cc1ccc(C(=O)N(C)C)cc1)C(=O)Cn1c(=O)n(CC)c2ccccc21. The van der Waals surface area contributed by atoms with Crippen molar-refractivity contribution in [2.75, 3.05) is 20.6 Å². The third kappa shape index (κ3) is 4.15. The van der Waals surface area contributed by atoms with Crippen LogP contribution < -0.4 is 5.69 Å². The summed E-state index contributed by atoms with van der Waals surface area (Å²) in [6.07, 6.45) is 0. The van der Waals surface area contributed by atoms with Gasteiger partial charge in [-0.2, -0.15) is 0 Å². The molecule has 7 nitrogen and oxygen atoms in total. The van der Waals surface area contributed by atoms with Crippen LogP contribution in [-0.2, 0) is 24.4 Å². The summed E-state index contributed by atoms with van der Waals surface area (Å²) in [6.45, 7) is 5.34. The Morgan fingerprint density at radius 3 is 2.03 bits per heavy atom. The zero-order chi connectivity index (χ0) is 21.8. The molecule has 0 fully saturated rings. The molecule has 7 heteroatoms. The number of hydrogen-bond donors (Lipinski definition) is 0. The summed E-state index contributed by atoms with van der Waals surface area (Å²) in [4.78, 5) is 41.1. The molecule has 30 heavy (non-hydrogen) atoms. The number of amides is 2. The van der Waals surface area contributed by atoms with Gasteiger partial charge in [0.05, 0.1) is 11.0 Å². The van der Waals surface area contributed by atoms with Crippen LogP contribution in [0.3, 0.4) is 0 Å². The second kappa shape index (κ2) is 8.98. The minimum Gasteiger partial charge on any atom is -0.345 e. The number of nitrogens with zero attached hydrogens (tertiary/aromatic N) is 4. The summed E-state index contributed by atoms with van der Waals surface area (Å²) in [5.74, 6) is -0.177. The summed E-state index contributed by atoms with van der Waals surface area (Å²) >= 11 is 0. The van der Waals surface area contributed by atoms with Crippen molar-refractivity contribution in [3.63, 3.8) is 0 Å². The lowest BCUT2D eigenvalue weighted by Crippen LogP contribution is -2.36. The zero-order valence-corrected chi connectivity index (χ0v) is 18.0. The molecular formula is C23H28N4O3. The second-order valence-corrected chi connectivity index (χ2v) is 7.41. The summed E-state index contributed by atoms with van der Waals surface area (Å²) in [5.41, 5.74) is 2.97. The minimum absolute atomic E-state index is 0.00259. The molecule has 0 saturated carbocycles. The van der Waals surface area contributed by atoms with Crippen molar-refractivity contribution in [1.82, 2.24) is 18.9 Å². The van der Waals surface area contributed by atoms with E-state index in [1.54, 1.807) is 40.3 Å². The highest BCUT2D eigenvalue weighted by atomic mass is 16.2. The average molecular weight is 409 g/mol. The molecule has 0 unspecified atom stereocenters. The monoisotopic (exact) mass is 408 g/mol. The first-order valence-corrected chi connectivity index (χ1v) is 10.1. The van der Waals surface area contributed by atoms with Gasteiger partial charge in [0.15, 0.2) is 0 Å². The Balaban J connectivity index is 1.79. The second-order valence-electron chi connectivity index (χ2n) is 7.41. The quantitative estimate of drug-likeness (QED) is 0.603. The van der Waals surface area contributed by atoms with E-state index in [4.69, 9.17) is 0 Å². The normalized spacial score (nSPS) is 10.9. The fraction of sp³-hybridized carbons (Fsp3) is 0.348. The minimum atomic E-state index is -0.172. The van der Waals surface area contributed by atoms with Gasteiger partial charge in [-0.3, -0.25) is 18.7 Å². The smallest absolute Gasteiger partial charge is 0.329 e. The van der Waals surface area contributed by atoms with Crippen LogP contribution in [-0.4, -0.2) is 51.4 Å². The van der Waals surface area contributed by atoms with Crippen molar-refractivity contribution in [1.29, 1.82) is 0 Å². The zero-order valence-electron chi connectivity index (χ0n) is 18.0. The number of aromatic nitrogens is 2. The highest BCUT2D eigenvalue weighted by Crippen LogP contribution is 2.14. The lowest BCUT2D eigenvalue weighted by atomic mass is 10.1. The molecule has 0 spiro atoms. The number of rotatable bonds is 7. The van der Waals surface area contributed by atoms with Gasteiger partial charge in [0.1, 0.15) is 6.54 Å². The van der Waals surface area contributed by atoms with Crippen LogP contribution in [0.2, 0.25) is 0 Å². The van der Waals surface area contributed by atoms with Crippen molar-refractivity contribution >= 4 is 22.8 Å². The molecular weight excluding hydrogens is 380 g/mol. The molecule has 158 valence electrons. The number of fused-ring (bicyclic) bond motifs is 1. The standard InChI is InChI=1S/C23H28N4O3/c1-5-25(15-17-11-13-18(14-12-17)22(29)24(3)4)21(28)16-27-20-10-8-7-9-19(20)26(6-2)23(27)30/h7-14H,5-6,15-16H2,1-4H3. The van der Waals surface area contributed by atoms with E-state index >= 15 is 0 Å². The molecule has 2 aromatic carbocycles. The lowest BCUT2D eigenvalue weighted by molar-refractivity contribution is -0.132. The summed E-state index contributed by atoms with van der Waals surface area (Å²) in [5, 5.41) is 0. The van der Waals surface area contributed by atoms with Gasteiger partial charge < -0.3 is 9.80 Å². The van der Waals surface area contributed by atoms with Crippen LogP contribution in [0.1, 0.15) is 29.8 Å². The number of benzene rings is 2. The fourth-order valence-electron chi connectivity index (χ4n) is 3.57. The van der Waals surface area contributed by atoms with Crippen LogP contribution in [0, 0.1) is 0 Å². The Morgan fingerprint density at radius 1 is 0.900 bits per heavy atom. The van der Waals surface area contributed by atoms with Crippen LogP contribution in [0.15, 0.2) is 53.3 Å². The molecule has 0 N–H and O–H groups in total. The summed E-state index contributed by atoms with van der Waals surface area (Å²) < 4.78 is 3.22. The van der Waals surface area contributed by atoms with Gasteiger partial charge in [-0.05, 0) is 43.7 Å². The first kappa shape index (κ1) is 21.4. The maximum Gasteiger partial charge on any atom is 0.329 e. The molecule has 3 rings (SSSR count). The number of carbonyl (C=O) groups excluding carboxylic acids is 2. The van der Waals surface area contributed by atoms with Gasteiger partial charge in [0, 0.05) is 39.3 Å². The van der Waals surface area contributed by atoms with E-state index in [-0.39, 0.29) is 24.0 Å². The third-order valence-corrected chi connectivity index (χ3v) is 5.25.